The Bertz CT molecular complexity index is 947. The molecule has 0 radical (unpaired) electrons. The number of terminal acetylenes is 1. The Balaban J connectivity index is 3.46. The van der Waals surface area contributed by atoms with Crippen molar-refractivity contribution in [2.24, 2.45) is 5.92 Å². The van der Waals surface area contributed by atoms with Gasteiger partial charge in [0.2, 0.25) is 11.8 Å². The molecular formula is C26H37N3O6. The van der Waals surface area contributed by atoms with Crippen LogP contribution in [0.1, 0.15) is 65.1 Å². The van der Waals surface area contributed by atoms with Gasteiger partial charge in [-0.05, 0) is 45.2 Å². The number of nitrogens with zero attached hydrogens (tertiary/aromatic N) is 1. The number of amides is 3. The van der Waals surface area contributed by atoms with Crippen LogP contribution in [0, 0.1) is 18.3 Å². The Morgan fingerprint density at radius 3 is 2.29 bits per heavy atom. The summed E-state index contributed by atoms with van der Waals surface area (Å²) in [6.45, 7) is 10.4. The van der Waals surface area contributed by atoms with Gasteiger partial charge in [0.25, 0.3) is 0 Å². The van der Waals surface area contributed by atoms with E-state index in [0.717, 1.165) is 0 Å². The van der Waals surface area contributed by atoms with Gasteiger partial charge in [0, 0.05) is 12.1 Å². The number of rotatable bonds is 10. The van der Waals surface area contributed by atoms with E-state index in [0.29, 0.717) is 17.5 Å². The second-order valence-corrected chi connectivity index (χ2v) is 9.06. The minimum atomic E-state index is -1.14. The number of nitrogens with one attached hydrogen (secondary N) is 2. The van der Waals surface area contributed by atoms with Gasteiger partial charge in [-0.3, -0.25) is 14.4 Å². The Kier molecular flexibility index (Phi) is 11.3. The molecule has 3 atom stereocenters. The predicted octanol–water partition coefficient (Wildman–Crippen LogP) is 2.79. The van der Waals surface area contributed by atoms with Crippen molar-refractivity contribution in [3.63, 3.8) is 0 Å². The monoisotopic (exact) mass is 487 g/mol. The first kappa shape index (κ1) is 29.5. The molecule has 1 aromatic rings. The maximum atomic E-state index is 13.8. The predicted molar refractivity (Wildman–Crippen MR) is 132 cm³/mol. The van der Waals surface area contributed by atoms with Gasteiger partial charge in [0.1, 0.15) is 24.2 Å². The minimum absolute atomic E-state index is 0.136. The summed E-state index contributed by atoms with van der Waals surface area (Å²) in [6, 6.07) is 4.67. The fourth-order valence-electron chi connectivity index (χ4n) is 3.41. The maximum Gasteiger partial charge on any atom is 0.408 e. The quantitative estimate of drug-likeness (QED) is 0.388. The molecular weight excluding hydrogens is 450 g/mol. The fourth-order valence-corrected chi connectivity index (χ4v) is 3.41. The summed E-state index contributed by atoms with van der Waals surface area (Å²) in [6.07, 6.45) is 5.53. The zero-order chi connectivity index (χ0) is 26.8. The van der Waals surface area contributed by atoms with E-state index in [1.807, 2.05) is 13.8 Å². The first-order valence-corrected chi connectivity index (χ1v) is 11.6. The average molecular weight is 488 g/mol. The maximum absolute atomic E-state index is 13.8. The summed E-state index contributed by atoms with van der Waals surface area (Å²) in [5.41, 5.74) is 0.101. The van der Waals surface area contributed by atoms with Crippen LogP contribution < -0.4 is 10.6 Å². The van der Waals surface area contributed by atoms with Gasteiger partial charge in [-0.2, -0.15) is 0 Å². The molecule has 9 heteroatoms. The minimum Gasteiger partial charge on any atom is -0.468 e. The molecule has 0 saturated heterocycles. The summed E-state index contributed by atoms with van der Waals surface area (Å²) >= 11 is 0. The van der Waals surface area contributed by atoms with Gasteiger partial charge in [-0.25, -0.2) is 4.79 Å². The highest BCUT2D eigenvalue weighted by molar-refractivity contribution is 5.93. The molecule has 0 fully saturated rings. The number of carbonyl (C=O) groups is 4. The third kappa shape index (κ3) is 8.63. The Morgan fingerprint density at radius 1 is 1.14 bits per heavy atom. The molecule has 0 saturated carbocycles. The van der Waals surface area contributed by atoms with Crippen LogP contribution in [0.4, 0.5) is 4.79 Å². The zero-order valence-corrected chi connectivity index (χ0v) is 21.6. The number of benzene rings is 1. The lowest BCUT2D eigenvalue weighted by Gasteiger charge is -2.35. The van der Waals surface area contributed by atoms with Crippen molar-refractivity contribution in [2.75, 3.05) is 20.2 Å². The van der Waals surface area contributed by atoms with E-state index in [9.17, 15) is 19.2 Å². The van der Waals surface area contributed by atoms with E-state index in [-0.39, 0.29) is 19.0 Å². The van der Waals surface area contributed by atoms with Crippen molar-refractivity contribution in [3.8, 4) is 12.3 Å². The van der Waals surface area contributed by atoms with Gasteiger partial charge in [-0.15, -0.1) is 6.42 Å². The van der Waals surface area contributed by atoms with Crippen LogP contribution in [0.3, 0.4) is 0 Å². The molecule has 0 aliphatic carbocycles. The Morgan fingerprint density at radius 2 is 1.77 bits per heavy atom. The van der Waals surface area contributed by atoms with Crippen molar-refractivity contribution in [2.45, 2.75) is 65.6 Å². The lowest BCUT2D eigenvalue weighted by atomic mass is 9.94. The largest absolute Gasteiger partial charge is 0.468 e. The third-order valence-corrected chi connectivity index (χ3v) is 5.38. The number of hydrogen-bond donors (Lipinski definition) is 2. The highest BCUT2D eigenvalue weighted by Gasteiger charge is 2.38. The highest BCUT2D eigenvalue weighted by Crippen LogP contribution is 2.26. The number of ether oxygens (including phenoxy) is 2. The summed E-state index contributed by atoms with van der Waals surface area (Å²) in [4.78, 5) is 52.6. The molecule has 35 heavy (non-hydrogen) atoms. The fraction of sp³-hybridized carbons (Fsp3) is 0.538. The van der Waals surface area contributed by atoms with Gasteiger partial charge < -0.3 is 25.0 Å². The van der Waals surface area contributed by atoms with Crippen LogP contribution >= 0.6 is 0 Å². The number of carbonyl (C=O) groups excluding carboxylic acids is 4. The zero-order valence-electron chi connectivity index (χ0n) is 21.6. The number of hydrogen-bond acceptors (Lipinski definition) is 6. The third-order valence-electron chi connectivity index (χ3n) is 5.38. The molecule has 3 unspecified atom stereocenters. The lowest BCUT2D eigenvalue weighted by molar-refractivity contribution is -0.145. The number of alkyl carbamates (subject to hydrolysis) is 1. The molecule has 0 heterocycles. The molecule has 0 spiro atoms. The first-order chi connectivity index (χ1) is 16.4. The van der Waals surface area contributed by atoms with Crippen molar-refractivity contribution >= 4 is 23.9 Å². The summed E-state index contributed by atoms with van der Waals surface area (Å²) in [5.74, 6) is 0.572. The second-order valence-electron chi connectivity index (χ2n) is 9.06. The topological polar surface area (TPSA) is 114 Å². The molecule has 0 aliphatic heterocycles. The molecule has 1 aromatic carbocycles. The molecule has 0 aromatic heterocycles. The van der Waals surface area contributed by atoms with Gasteiger partial charge in [-0.1, -0.05) is 44.4 Å². The average Bonchev–Trinajstić information content (AvgIpc) is 2.81. The van der Waals surface area contributed by atoms with E-state index < -0.39 is 41.6 Å². The molecule has 2 N–H and O–H groups in total. The standard InChI is InChI=1S/C26H37N3O6/c1-9-17(4)21(28-25(33)35-26(5,6)7)24(32)29(11-3)22(23(31)27-16-20(30)34-8)19-15-13-12-14-18(19)10-2/h2,12-15,17,21-22H,9,11,16H2,1,3-8H3,(H,27,31)(H,28,33). The molecule has 192 valence electrons. The second kappa shape index (κ2) is 13.4. The molecule has 0 bridgehead atoms. The van der Waals surface area contributed by atoms with Crippen LogP contribution in [-0.4, -0.2) is 60.6 Å². The van der Waals surface area contributed by atoms with Crippen LogP contribution in [0.2, 0.25) is 0 Å². The van der Waals surface area contributed by atoms with E-state index in [4.69, 9.17) is 11.2 Å². The van der Waals surface area contributed by atoms with Crippen molar-refractivity contribution in [1.82, 2.24) is 15.5 Å². The van der Waals surface area contributed by atoms with Crippen molar-refractivity contribution < 1.29 is 28.7 Å². The smallest absolute Gasteiger partial charge is 0.408 e. The van der Waals surface area contributed by atoms with E-state index in [1.54, 1.807) is 52.0 Å². The Labute approximate surface area is 207 Å². The molecule has 1 rings (SSSR count). The van der Waals surface area contributed by atoms with Crippen molar-refractivity contribution in [3.05, 3.63) is 35.4 Å². The summed E-state index contributed by atoms with van der Waals surface area (Å²) in [7, 11) is 1.21. The van der Waals surface area contributed by atoms with Crippen LogP contribution in [0.5, 0.6) is 0 Å². The van der Waals surface area contributed by atoms with E-state index >= 15 is 0 Å². The number of esters is 1. The van der Waals surface area contributed by atoms with Crippen LogP contribution in [0.25, 0.3) is 0 Å². The number of methoxy groups -OCH3 is 1. The molecule has 9 nitrogen and oxygen atoms in total. The van der Waals surface area contributed by atoms with Crippen LogP contribution in [0.15, 0.2) is 24.3 Å². The summed E-state index contributed by atoms with van der Waals surface area (Å²) < 4.78 is 9.96. The molecule has 3 amide bonds. The van der Waals surface area contributed by atoms with Crippen LogP contribution in [-0.2, 0) is 23.9 Å². The lowest BCUT2D eigenvalue weighted by Crippen LogP contribution is -2.55. The normalized spacial score (nSPS) is 13.4. The van der Waals surface area contributed by atoms with Gasteiger partial charge in [0.15, 0.2) is 0 Å². The number of likely N-dealkylation sites (N-methyl/N-ethyl adjacent to an activating group) is 1. The van der Waals surface area contributed by atoms with Gasteiger partial charge in [0.05, 0.1) is 7.11 Å². The SMILES string of the molecule is C#Cc1ccccc1C(C(=O)NCC(=O)OC)N(CC)C(=O)C(NC(=O)OC(C)(C)C)C(C)CC. The van der Waals surface area contributed by atoms with Crippen molar-refractivity contribution in [1.29, 1.82) is 0 Å². The highest BCUT2D eigenvalue weighted by atomic mass is 16.6. The van der Waals surface area contributed by atoms with Gasteiger partial charge >= 0.3 is 12.1 Å². The first-order valence-electron chi connectivity index (χ1n) is 11.6. The molecule has 0 aliphatic rings. The van der Waals surface area contributed by atoms with E-state index in [2.05, 4.69) is 21.3 Å². The Hall–Kier alpha value is -3.54. The van der Waals surface area contributed by atoms with E-state index in [1.165, 1.54) is 12.0 Å². The summed E-state index contributed by atoms with van der Waals surface area (Å²) in [5, 5.41) is 5.19.